The minimum Gasteiger partial charge on any atom is -0.356 e. The lowest BCUT2D eigenvalue weighted by molar-refractivity contribution is 0.332. The molecular weight excluding hydrogens is 358 g/mol. The van der Waals surface area contributed by atoms with E-state index in [2.05, 4.69) is 30.2 Å². The third kappa shape index (κ3) is 3.69. The molecule has 1 saturated heterocycles. The molecule has 0 spiro atoms. The number of pyridine rings is 1. The molecule has 1 aliphatic heterocycles. The van der Waals surface area contributed by atoms with Crippen molar-refractivity contribution in [3.63, 3.8) is 0 Å². The zero-order valence-electron chi connectivity index (χ0n) is 16.7. The summed E-state index contributed by atoms with van der Waals surface area (Å²) < 4.78 is 10.9. The summed E-state index contributed by atoms with van der Waals surface area (Å²) in [6.07, 6.45) is 3.84. The van der Waals surface area contributed by atoms with Crippen LogP contribution in [-0.4, -0.2) is 52.5 Å². The summed E-state index contributed by atoms with van der Waals surface area (Å²) in [5.41, 5.74) is 0.874. The van der Waals surface area contributed by atoms with Gasteiger partial charge in [0, 0.05) is 44.9 Å². The van der Waals surface area contributed by atoms with Gasteiger partial charge < -0.3 is 18.8 Å². The zero-order valence-corrected chi connectivity index (χ0v) is 16.7. The van der Waals surface area contributed by atoms with E-state index in [9.17, 15) is 0 Å². The summed E-state index contributed by atoms with van der Waals surface area (Å²) in [6, 6.07) is 3.89. The normalized spacial score (nSPS) is 17.3. The molecule has 1 fully saturated rings. The van der Waals surface area contributed by atoms with E-state index < -0.39 is 0 Å². The van der Waals surface area contributed by atoms with Crippen LogP contribution in [0, 0.1) is 0 Å². The number of anilines is 2. The lowest BCUT2D eigenvalue weighted by atomic mass is 9.98. The third-order valence-electron chi connectivity index (χ3n) is 4.88. The highest BCUT2D eigenvalue weighted by Crippen LogP contribution is 2.30. The zero-order chi connectivity index (χ0) is 19.7. The van der Waals surface area contributed by atoms with E-state index in [-0.39, 0.29) is 11.8 Å². The lowest BCUT2D eigenvalue weighted by Crippen LogP contribution is -2.35. The van der Waals surface area contributed by atoms with E-state index in [1.807, 2.05) is 45.0 Å². The number of piperidine rings is 1. The second-order valence-electron chi connectivity index (χ2n) is 7.63. The van der Waals surface area contributed by atoms with E-state index in [1.54, 1.807) is 6.20 Å². The molecule has 4 rings (SSSR count). The van der Waals surface area contributed by atoms with E-state index >= 15 is 0 Å². The summed E-state index contributed by atoms with van der Waals surface area (Å²) in [6.45, 7) is 5.80. The largest absolute Gasteiger partial charge is 0.356 e. The Morgan fingerprint density at radius 2 is 2.04 bits per heavy atom. The monoisotopic (exact) mass is 383 g/mol. The van der Waals surface area contributed by atoms with Crippen LogP contribution in [0.5, 0.6) is 0 Å². The highest BCUT2D eigenvalue weighted by atomic mass is 16.5. The van der Waals surface area contributed by atoms with Crippen molar-refractivity contribution in [1.29, 1.82) is 0 Å². The van der Waals surface area contributed by atoms with Crippen LogP contribution in [0.15, 0.2) is 27.4 Å². The molecule has 0 N–H and O–H groups in total. The first kappa shape index (κ1) is 18.4. The molecule has 3 aromatic heterocycles. The topological polar surface area (TPSA) is 97.2 Å². The molecule has 0 amide bonds. The third-order valence-corrected chi connectivity index (χ3v) is 4.88. The van der Waals surface area contributed by atoms with E-state index in [0.29, 0.717) is 23.6 Å². The molecule has 0 saturated carbocycles. The van der Waals surface area contributed by atoms with Gasteiger partial charge in [0.1, 0.15) is 5.82 Å². The predicted octanol–water partition coefficient (Wildman–Crippen LogP) is 3.09. The van der Waals surface area contributed by atoms with Crippen molar-refractivity contribution in [2.24, 2.45) is 0 Å². The molecule has 1 aliphatic rings. The van der Waals surface area contributed by atoms with Gasteiger partial charge in [0.2, 0.25) is 5.89 Å². The first-order valence-corrected chi connectivity index (χ1v) is 9.57. The fourth-order valence-electron chi connectivity index (χ4n) is 3.27. The fourth-order valence-corrected chi connectivity index (χ4v) is 3.27. The average molecular weight is 383 g/mol. The summed E-state index contributed by atoms with van der Waals surface area (Å²) in [4.78, 5) is 17.6. The Bertz CT molecular complexity index is 934. The van der Waals surface area contributed by atoms with Crippen LogP contribution in [-0.2, 0) is 0 Å². The van der Waals surface area contributed by atoms with Gasteiger partial charge in [-0.05, 0) is 30.1 Å². The highest BCUT2D eigenvalue weighted by Gasteiger charge is 2.27. The van der Waals surface area contributed by atoms with Crippen molar-refractivity contribution in [2.75, 3.05) is 37.0 Å². The van der Waals surface area contributed by atoms with Crippen molar-refractivity contribution < 1.29 is 9.05 Å². The minimum absolute atomic E-state index is 0.191. The van der Waals surface area contributed by atoms with Gasteiger partial charge in [0.05, 0.1) is 5.92 Å². The van der Waals surface area contributed by atoms with Crippen LogP contribution in [0.2, 0.25) is 0 Å². The number of rotatable bonds is 5. The molecular formula is C19H25N7O2. The smallest absolute Gasteiger partial charge is 0.265 e. The molecule has 9 heteroatoms. The second kappa shape index (κ2) is 7.57. The maximum Gasteiger partial charge on any atom is 0.265 e. The second-order valence-corrected chi connectivity index (χ2v) is 7.63. The maximum atomic E-state index is 5.48. The molecule has 4 heterocycles. The molecule has 1 atom stereocenters. The minimum atomic E-state index is 0.191. The maximum absolute atomic E-state index is 5.48. The Morgan fingerprint density at radius 3 is 2.75 bits per heavy atom. The number of nitrogens with zero attached hydrogens (tertiary/aromatic N) is 7. The lowest BCUT2D eigenvalue weighted by Gasteiger charge is -2.32. The SMILES string of the molecule is CC(C)c1noc(-c2ccnc(N3CCCC(c4nc(N(C)C)no4)C3)c2)n1. The molecule has 28 heavy (non-hydrogen) atoms. The van der Waals surface area contributed by atoms with Crippen molar-refractivity contribution >= 4 is 11.8 Å². The Kier molecular flexibility index (Phi) is 4.97. The van der Waals surface area contributed by atoms with Gasteiger partial charge in [0.25, 0.3) is 11.8 Å². The van der Waals surface area contributed by atoms with Gasteiger partial charge in [-0.1, -0.05) is 19.0 Å². The summed E-state index contributed by atoms with van der Waals surface area (Å²) in [7, 11) is 3.80. The van der Waals surface area contributed by atoms with E-state index in [1.165, 1.54) is 0 Å². The summed E-state index contributed by atoms with van der Waals surface area (Å²) in [5.74, 6) is 3.82. The Labute approximate surface area is 163 Å². The first-order valence-electron chi connectivity index (χ1n) is 9.57. The van der Waals surface area contributed by atoms with Gasteiger partial charge in [-0.25, -0.2) is 4.98 Å². The van der Waals surface area contributed by atoms with E-state index in [0.717, 1.165) is 37.3 Å². The van der Waals surface area contributed by atoms with Gasteiger partial charge in [0.15, 0.2) is 5.82 Å². The van der Waals surface area contributed by atoms with Gasteiger partial charge in [-0.3, -0.25) is 0 Å². The fraction of sp³-hybridized carbons (Fsp3) is 0.526. The van der Waals surface area contributed by atoms with Crippen LogP contribution < -0.4 is 9.80 Å². The van der Waals surface area contributed by atoms with Crippen LogP contribution >= 0.6 is 0 Å². The van der Waals surface area contributed by atoms with Crippen LogP contribution in [0.3, 0.4) is 0 Å². The van der Waals surface area contributed by atoms with Crippen LogP contribution in [0.1, 0.15) is 50.2 Å². The molecule has 3 aromatic rings. The standard InChI is InChI=1S/C19H25N7O2/c1-12(2)16-21-17(27-23-16)13-7-8-20-15(10-13)26-9-5-6-14(11-26)18-22-19(24-28-18)25(3)4/h7-8,10,12,14H,5-6,9,11H2,1-4H3. The molecule has 148 valence electrons. The summed E-state index contributed by atoms with van der Waals surface area (Å²) in [5, 5.41) is 8.09. The Morgan fingerprint density at radius 1 is 1.18 bits per heavy atom. The molecule has 0 bridgehead atoms. The Balaban J connectivity index is 1.53. The molecule has 0 aromatic carbocycles. The van der Waals surface area contributed by atoms with Gasteiger partial charge in [-0.2, -0.15) is 9.97 Å². The number of aromatic nitrogens is 5. The quantitative estimate of drug-likeness (QED) is 0.658. The van der Waals surface area contributed by atoms with Crippen molar-refractivity contribution in [2.45, 2.75) is 38.5 Å². The molecule has 1 unspecified atom stereocenters. The van der Waals surface area contributed by atoms with Crippen molar-refractivity contribution in [3.8, 4) is 11.5 Å². The van der Waals surface area contributed by atoms with Gasteiger partial charge in [-0.15, -0.1) is 0 Å². The molecule has 9 nitrogen and oxygen atoms in total. The van der Waals surface area contributed by atoms with Crippen LogP contribution in [0.4, 0.5) is 11.8 Å². The first-order chi connectivity index (χ1) is 13.5. The number of hydrogen-bond acceptors (Lipinski definition) is 9. The predicted molar refractivity (Wildman–Crippen MR) is 104 cm³/mol. The average Bonchev–Trinajstić information content (AvgIpc) is 3.38. The Hall–Kier alpha value is -2.97. The van der Waals surface area contributed by atoms with Crippen molar-refractivity contribution in [3.05, 3.63) is 30.0 Å². The summed E-state index contributed by atoms with van der Waals surface area (Å²) >= 11 is 0. The number of hydrogen-bond donors (Lipinski definition) is 0. The van der Waals surface area contributed by atoms with E-state index in [4.69, 9.17) is 9.05 Å². The molecule has 0 radical (unpaired) electrons. The van der Waals surface area contributed by atoms with Gasteiger partial charge >= 0.3 is 0 Å². The highest BCUT2D eigenvalue weighted by molar-refractivity contribution is 5.59. The molecule has 0 aliphatic carbocycles. The van der Waals surface area contributed by atoms with Crippen molar-refractivity contribution in [1.82, 2.24) is 25.3 Å². The van der Waals surface area contributed by atoms with Crippen LogP contribution in [0.25, 0.3) is 11.5 Å².